The van der Waals surface area contributed by atoms with Crippen molar-refractivity contribution in [1.29, 1.82) is 0 Å². The summed E-state index contributed by atoms with van der Waals surface area (Å²) in [5.74, 6) is 0. The van der Waals surface area contributed by atoms with E-state index >= 15 is 0 Å². The van der Waals surface area contributed by atoms with E-state index in [2.05, 4.69) is 74.2 Å². The Hall–Kier alpha value is -1.61. The van der Waals surface area contributed by atoms with Crippen LogP contribution in [-0.4, -0.2) is 35.8 Å². The molecule has 0 unspecified atom stereocenters. The molecule has 2 rings (SSSR count). The molecule has 0 bridgehead atoms. The van der Waals surface area contributed by atoms with E-state index in [1.165, 1.54) is 30.4 Å². The summed E-state index contributed by atoms with van der Waals surface area (Å²) in [5, 5.41) is 4.53. The molecule has 1 aromatic rings. The van der Waals surface area contributed by atoms with Gasteiger partial charge >= 0.3 is 0 Å². The van der Waals surface area contributed by atoms with Crippen LogP contribution in [0.5, 0.6) is 0 Å². The van der Waals surface area contributed by atoms with Crippen LogP contribution in [-0.2, 0) is 4.84 Å². The molecule has 1 fully saturated rings. The van der Waals surface area contributed by atoms with E-state index in [4.69, 9.17) is 4.84 Å². The highest BCUT2D eigenvalue weighted by atomic mass is 16.6. The molecule has 1 aromatic carbocycles. The SMILES string of the molecule is CC(C)N(CCO/N=C1/CCCCC/C1=C/c1ccccc1)C(C)C. The fraction of sp³-hybridized carbons (Fsp3) is 0.591. The van der Waals surface area contributed by atoms with E-state index < -0.39 is 0 Å². The number of rotatable bonds is 7. The van der Waals surface area contributed by atoms with E-state index in [1.54, 1.807) is 0 Å². The Kier molecular flexibility index (Phi) is 8.20. The third-order valence-electron chi connectivity index (χ3n) is 4.81. The van der Waals surface area contributed by atoms with Gasteiger partial charge in [0.15, 0.2) is 0 Å². The van der Waals surface area contributed by atoms with Gasteiger partial charge < -0.3 is 4.84 Å². The Morgan fingerprint density at radius 3 is 2.36 bits per heavy atom. The second-order valence-electron chi connectivity index (χ2n) is 7.44. The first-order valence-corrected chi connectivity index (χ1v) is 9.78. The monoisotopic (exact) mass is 342 g/mol. The van der Waals surface area contributed by atoms with Crippen LogP contribution in [0.2, 0.25) is 0 Å². The minimum atomic E-state index is 0.530. The molecule has 25 heavy (non-hydrogen) atoms. The molecule has 3 nitrogen and oxygen atoms in total. The third kappa shape index (κ3) is 6.66. The van der Waals surface area contributed by atoms with Crippen molar-refractivity contribution in [2.24, 2.45) is 5.16 Å². The predicted octanol–water partition coefficient (Wildman–Crippen LogP) is 5.53. The first-order valence-electron chi connectivity index (χ1n) is 9.78. The molecule has 0 aromatic heterocycles. The van der Waals surface area contributed by atoms with Gasteiger partial charge in [-0.15, -0.1) is 0 Å². The summed E-state index contributed by atoms with van der Waals surface area (Å²) < 4.78 is 0. The lowest BCUT2D eigenvalue weighted by atomic mass is 10.0. The Labute approximate surface area is 153 Å². The first kappa shape index (κ1) is 19.7. The predicted molar refractivity (Wildman–Crippen MR) is 108 cm³/mol. The van der Waals surface area contributed by atoms with Gasteiger partial charge in [-0.3, -0.25) is 4.90 Å². The molecular formula is C22H34N2O. The second-order valence-corrected chi connectivity index (χ2v) is 7.44. The fourth-order valence-electron chi connectivity index (χ4n) is 3.48. The summed E-state index contributed by atoms with van der Waals surface area (Å²) in [6.45, 7) is 10.5. The average Bonchev–Trinajstić information content (AvgIpc) is 2.80. The minimum Gasteiger partial charge on any atom is -0.394 e. The van der Waals surface area contributed by atoms with Crippen LogP contribution in [0.3, 0.4) is 0 Å². The molecule has 0 saturated heterocycles. The average molecular weight is 343 g/mol. The maximum Gasteiger partial charge on any atom is 0.129 e. The summed E-state index contributed by atoms with van der Waals surface area (Å²) in [7, 11) is 0. The molecule has 0 aliphatic heterocycles. The molecule has 1 aliphatic rings. The molecule has 1 saturated carbocycles. The van der Waals surface area contributed by atoms with Gasteiger partial charge in [-0.05, 0) is 70.6 Å². The number of nitrogens with zero attached hydrogens (tertiary/aromatic N) is 2. The standard InChI is InChI=1S/C22H34N2O/c1-18(2)24(19(3)4)15-16-25-23-22-14-10-6-9-13-21(22)17-20-11-7-5-8-12-20/h5,7-8,11-12,17-19H,6,9-10,13-16H2,1-4H3/b21-17-,23-22-. The molecule has 0 radical (unpaired) electrons. The lowest BCUT2D eigenvalue weighted by Gasteiger charge is -2.29. The third-order valence-corrected chi connectivity index (χ3v) is 4.81. The van der Waals surface area contributed by atoms with E-state index in [1.807, 2.05) is 0 Å². The molecule has 0 heterocycles. The van der Waals surface area contributed by atoms with Crippen LogP contribution in [0.25, 0.3) is 6.08 Å². The van der Waals surface area contributed by atoms with Crippen LogP contribution < -0.4 is 0 Å². The number of oxime groups is 1. The number of allylic oxidation sites excluding steroid dienone is 1. The quantitative estimate of drug-likeness (QED) is 0.370. The summed E-state index contributed by atoms with van der Waals surface area (Å²) in [4.78, 5) is 8.17. The van der Waals surface area contributed by atoms with E-state index in [0.29, 0.717) is 18.7 Å². The highest BCUT2D eigenvalue weighted by Gasteiger charge is 2.14. The Bertz CT molecular complexity index is 553. The zero-order chi connectivity index (χ0) is 18.1. The summed E-state index contributed by atoms with van der Waals surface area (Å²) in [6.07, 6.45) is 8.13. The summed E-state index contributed by atoms with van der Waals surface area (Å²) >= 11 is 0. The smallest absolute Gasteiger partial charge is 0.129 e. The zero-order valence-electron chi connectivity index (χ0n) is 16.4. The maximum atomic E-state index is 5.73. The number of benzene rings is 1. The van der Waals surface area contributed by atoms with E-state index in [0.717, 1.165) is 25.1 Å². The van der Waals surface area contributed by atoms with Crippen molar-refractivity contribution in [1.82, 2.24) is 4.90 Å². The van der Waals surface area contributed by atoms with E-state index in [-0.39, 0.29) is 0 Å². The zero-order valence-corrected chi connectivity index (χ0v) is 16.4. The van der Waals surface area contributed by atoms with Gasteiger partial charge in [-0.1, -0.05) is 41.9 Å². The Balaban J connectivity index is 2.00. The molecule has 3 heteroatoms. The van der Waals surface area contributed by atoms with Crippen molar-refractivity contribution < 1.29 is 4.84 Å². The van der Waals surface area contributed by atoms with Gasteiger partial charge in [0.1, 0.15) is 6.61 Å². The van der Waals surface area contributed by atoms with Crippen LogP contribution in [0.4, 0.5) is 0 Å². The minimum absolute atomic E-state index is 0.530. The number of hydrogen-bond acceptors (Lipinski definition) is 3. The molecule has 1 aliphatic carbocycles. The molecule has 0 spiro atoms. The maximum absolute atomic E-state index is 5.73. The lowest BCUT2D eigenvalue weighted by Crippen LogP contribution is -2.39. The van der Waals surface area contributed by atoms with E-state index in [9.17, 15) is 0 Å². The van der Waals surface area contributed by atoms with Crippen molar-refractivity contribution in [2.45, 2.75) is 71.9 Å². The van der Waals surface area contributed by atoms with Crippen LogP contribution in [0.15, 0.2) is 41.1 Å². The first-order chi connectivity index (χ1) is 12.1. The molecule has 0 amide bonds. The van der Waals surface area contributed by atoms with Crippen molar-refractivity contribution >= 4 is 11.8 Å². The number of hydrogen-bond donors (Lipinski definition) is 0. The van der Waals surface area contributed by atoms with Gasteiger partial charge in [-0.2, -0.15) is 0 Å². The van der Waals surface area contributed by atoms with Gasteiger partial charge in [0.05, 0.1) is 5.71 Å². The van der Waals surface area contributed by atoms with Crippen molar-refractivity contribution in [3.8, 4) is 0 Å². The second kappa shape index (κ2) is 10.4. The molecule has 0 N–H and O–H groups in total. The topological polar surface area (TPSA) is 24.8 Å². The fourth-order valence-corrected chi connectivity index (χ4v) is 3.48. The Morgan fingerprint density at radius 1 is 1.00 bits per heavy atom. The van der Waals surface area contributed by atoms with Crippen molar-refractivity contribution in [3.63, 3.8) is 0 Å². The van der Waals surface area contributed by atoms with Crippen molar-refractivity contribution in [2.75, 3.05) is 13.2 Å². The van der Waals surface area contributed by atoms with Crippen molar-refractivity contribution in [3.05, 3.63) is 41.5 Å². The van der Waals surface area contributed by atoms with Gasteiger partial charge in [-0.25, -0.2) is 0 Å². The van der Waals surface area contributed by atoms with Crippen LogP contribution in [0.1, 0.15) is 65.4 Å². The summed E-state index contributed by atoms with van der Waals surface area (Å²) in [6, 6.07) is 11.6. The largest absolute Gasteiger partial charge is 0.394 e. The summed E-state index contributed by atoms with van der Waals surface area (Å²) in [5.41, 5.74) is 3.73. The lowest BCUT2D eigenvalue weighted by molar-refractivity contribution is 0.0826. The highest BCUT2D eigenvalue weighted by molar-refractivity contribution is 6.03. The van der Waals surface area contributed by atoms with Gasteiger partial charge in [0, 0.05) is 18.6 Å². The molecule has 0 atom stereocenters. The normalized spacial score (nSPS) is 19.2. The highest BCUT2D eigenvalue weighted by Crippen LogP contribution is 2.23. The Morgan fingerprint density at radius 2 is 1.68 bits per heavy atom. The van der Waals surface area contributed by atoms with Gasteiger partial charge in [0.25, 0.3) is 0 Å². The molecule has 138 valence electrons. The van der Waals surface area contributed by atoms with Crippen LogP contribution in [0, 0.1) is 0 Å². The van der Waals surface area contributed by atoms with Gasteiger partial charge in [0.2, 0.25) is 0 Å². The van der Waals surface area contributed by atoms with Crippen LogP contribution >= 0.6 is 0 Å². The molecular weight excluding hydrogens is 308 g/mol.